The molecule has 1 N–H and O–H groups in total. The number of benzene rings is 1. The Morgan fingerprint density at radius 3 is 2.24 bits per heavy atom. The molecule has 0 aliphatic rings. The Balaban J connectivity index is 2.23. The summed E-state index contributed by atoms with van der Waals surface area (Å²) in [6.07, 6.45) is 2.28. The lowest BCUT2D eigenvalue weighted by Gasteiger charge is -2.17. The molecule has 1 heterocycles. The predicted octanol–water partition coefficient (Wildman–Crippen LogP) is 4.25. The lowest BCUT2D eigenvalue weighted by molar-refractivity contribution is 0.518. The summed E-state index contributed by atoms with van der Waals surface area (Å²) < 4.78 is 2.04. The molecule has 1 aromatic carbocycles. The first-order valence-electron chi connectivity index (χ1n) is 7.95. The Hall–Kier alpha value is -1.61. The molecule has 2 rings (SSSR count). The average molecular weight is 285 g/mol. The summed E-state index contributed by atoms with van der Waals surface area (Å²) >= 11 is 0. The van der Waals surface area contributed by atoms with Crippen LogP contribution in [0.1, 0.15) is 55.2 Å². The fraction of sp³-hybridized carbons (Fsp3) is 0.500. The van der Waals surface area contributed by atoms with Gasteiger partial charge in [0.25, 0.3) is 0 Å². The molecule has 0 radical (unpaired) electrons. The molecular weight excluding hydrogens is 258 g/mol. The van der Waals surface area contributed by atoms with E-state index in [1.54, 1.807) is 0 Å². The second kappa shape index (κ2) is 6.90. The van der Waals surface area contributed by atoms with Gasteiger partial charge in [-0.05, 0) is 63.4 Å². The van der Waals surface area contributed by atoms with Crippen molar-refractivity contribution in [3.63, 3.8) is 0 Å². The van der Waals surface area contributed by atoms with Crippen LogP contribution in [0.4, 0.5) is 0 Å². The minimum atomic E-state index is 0.446. The van der Waals surface area contributed by atoms with Crippen LogP contribution in [0.5, 0.6) is 0 Å². The van der Waals surface area contributed by atoms with Gasteiger partial charge in [-0.15, -0.1) is 0 Å². The SMILES string of the molecule is CCCNC(CC)c1ccc(-n2nc(C)c(C)c2C)cc1. The van der Waals surface area contributed by atoms with Crippen LogP contribution < -0.4 is 5.32 Å². The quantitative estimate of drug-likeness (QED) is 0.860. The first kappa shape index (κ1) is 15.8. The first-order valence-corrected chi connectivity index (χ1v) is 7.95. The van der Waals surface area contributed by atoms with Crippen molar-refractivity contribution in [3.05, 3.63) is 46.8 Å². The zero-order valence-electron chi connectivity index (χ0n) is 13.9. The molecule has 0 saturated carbocycles. The molecule has 0 spiro atoms. The van der Waals surface area contributed by atoms with Crippen molar-refractivity contribution in [1.82, 2.24) is 15.1 Å². The van der Waals surface area contributed by atoms with Crippen molar-refractivity contribution in [3.8, 4) is 5.69 Å². The van der Waals surface area contributed by atoms with Gasteiger partial charge in [0, 0.05) is 11.7 Å². The molecule has 2 aromatic rings. The molecule has 1 unspecified atom stereocenters. The van der Waals surface area contributed by atoms with Gasteiger partial charge in [-0.25, -0.2) is 4.68 Å². The largest absolute Gasteiger partial charge is 0.310 e. The molecule has 0 aliphatic carbocycles. The molecule has 0 bridgehead atoms. The second-order valence-corrected chi connectivity index (χ2v) is 5.71. The van der Waals surface area contributed by atoms with Crippen molar-refractivity contribution in [2.75, 3.05) is 6.54 Å². The minimum Gasteiger partial charge on any atom is -0.310 e. The van der Waals surface area contributed by atoms with E-state index in [2.05, 4.69) is 69.3 Å². The summed E-state index contributed by atoms with van der Waals surface area (Å²) in [4.78, 5) is 0. The van der Waals surface area contributed by atoms with Crippen molar-refractivity contribution >= 4 is 0 Å². The highest BCUT2D eigenvalue weighted by Gasteiger charge is 2.11. The van der Waals surface area contributed by atoms with Gasteiger partial charge < -0.3 is 5.32 Å². The normalized spacial score (nSPS) is 12.6. The summed E-state index contributed by atoms with van der Waals surface area (Å²) in [5.74, 6) is 0. The van der Waals surface area contributed by atoms with Crippen molar-refractivity contribution in [2.45, 2.75) is 53.5 Å². The van der Waals surface area contributed by atoms with E-state index in [0.29, 0.717) is 6.04 Å². The van der Waals surface area contributed by atoms with Gasteiger partial charge in [-0.3, -0.25) is 0 Å². The van der Waals surface area contributed by atoms with Gasteiger partial charge in [0.2, 0.25) is 0 Å². The van der Waals surface area contributed by atoms with Crippen molar-refractivity contribution < 1.29 is 0 Å². The van der Waals surface area contributed by atoms with Gasteiger partial charge >= 0.3 is 0 Å². The molecule has 0 amide bonds. The number of nitrogens with one attached hydrogen (secondary N) is 1. The number of rotatable bonds is 6. The van der Waals surface area contributed by atoms with Crippen LogP contribution in [0.3, 0.4) is 0 Å². The maximum Gasteiger partial charge on any atom is 0.0649 e. The van der Waals surface area contributed by atoms with E-state index in [9.17, 15) is 0 Å². The summed E-state index contributed by atoms with van der Waals surface area (Å²) in [6, 6.07) is 9.23. The van der Waals surface area contributed by atoms with Gasteiger partial charge in [-0.1, -0.05) is 26.0 Å². The fourth-order valence-corrected chi connectivity index (χ4v) is 2.64. The number of hydrogen-bond donors (Lipinski definition) is 1. The number of nitrogens with zero attached hydrogens (tertiary/aromatic N) is 2. The Labute approximate surface area is 128 Å². The van der Waals surface area contributed by atoms with Gasteiger partial charge in [0.1, 0.15) is 0 Å². The Kier molecular flexibility index (Phi) is 5.18. The van der Waals surface area contributed by atoms with Crippen LogP contribution >= 0.6 is 0 Å². The van der Waals surface area contributed by atoms with E-state index >= 15 is 0 Å². The zero-order valence-corrected chi connectivity index (χ0v) is 13.9. The van der Waals surface area contributed by atoms with Crippen molar-refractivity contribution in [1.29, 1.82) is 0 Å². The molecule has 1 aromatic heterocycles. The zero-order chi connectivity index (χ0) is 15.4. The van der Waals surface area contributed by atoms with Crippen molar-refractivity contribution in [2.24, 2.45) is 0 Å². The van der Waals surface area contributed by atoms with Crippen LogP contribution in [0.25, 0.3) is 5.69 Å². The topological polar surface area (TPSA) is 29.9 Å². The number of aromatic nitrogens is 2. The Morgan fingerprint density at radius 2 is 1.76 bits per heavy atom. The minimum absolute atomic E-state index is 0.446. The molecule has 0 aliphatic heterocycles. The Bertz CT molecular complexity index is 581. The monoisotopic (exact) mass is 285 g/mol. The third kappa shape index (κ3) is 3.35. The summed E-state index contributed by atoms with van der Waals surface area (Å²) in [5.41, 5.74) is 6.09. The van der Waals surface area contributed by atoms with E-state index in [4.69, 9.17) is 0 Å². The standard InChI is InChI=1S/C18H27N3/c1-6-12-19-18(7-2)16-8-10-17(11-9-16)21-15(5)13(3)14(4)20-21/h8-11,18-19H,6-7,12H2,1-5H3. The van der Waals surface area contributed by atoms with Crippen LogP contribution in [0.2, 0.25) is 0 Å². The van der Waals surface area contributed by atoms with E-state index in [-0.39, 0.29) is 0 Å². The molecule has 0 saturated heterocycles. The lowest BCUT2D eigenvalue weighted by atomic mass is 10.0. The van der Waals surface area contributed by atoms with Gasteiger partial charge in [0.05, 0.1) is 11.4 Å². The van der Waals surface area contributed by atoms with Crippen LogP contribution in [0, 0.1) is 20.8 Å². The fourth-order valence-electron chi connectivity index (χ4n) is 2.64. The molecular formula is C18H27N3. The van der Waals surface area contributed by atoms with Crippen LogP contribution in [-0.4, -0.2) is 16.3 Å². The lowest BCUT2D eigenvalue weighted by Crippen LogP contribution is -2.21. The van der Waals surface area contributed by atoms with E-state index < -0.39 is 0 Å². The van der Waals surface area contributed by atoms with E-state index in [1.165, 1.54) is 23.2 Å². The van der Waals surface area contributed by atoms with E-state index in [1.807, 2.05) is 4.68 Å². The van der Waals surface area contributed by atoms with Crippen LogP contribution in [-0.2, 0) is 0 Å². The molecule has 3 nitrogen and oxygen atoms in total. The molecule has 1 atom stereocenters. The highest BCUT2D eigenvalue weighted by molar-refractivity contribution is 5.39. The number of aryl methyl sites for hydroxylation is 1. The molecule has 114 valence electrons. The predicted molar refractivity (Wildman–Crippen MR) is 89.1 cm³/mol. The second-order valence-electron chi connectivity index (χ2n) is 5.71. The highest BCUT2D eigenvalue weighted by Crippen LogP contribution is 2.21. The third-order valence-corrected chi connectivity index (χ3v) is 4.24. The Morgan fingerprint density at radius 1 is 1.10 bits per heavy atom. The summed E-state index contributed by atoms with van der Waals surface area (Å²) in [7, 11) is 0. The van der Waals surface area contributed by atoms with Gasteiger partial charge in [-0.2, -0.15) is 5.10 Å². The molecule has 0 fully saturated rings. The smallest absolute Gasteiger partial charge is 0.0649 e. The highest BCUT2D eigenvalue weighted by atomic mass is 15.3. The third-order valence-electron chi connectivity index (χ3n) is 4.24. The summed E-state index contributed by atoms with van der Waals surface area (Å²) in [6.45, 7) is 11.8. The van der Waals surface area contributed by atoms with E-state index in [0.717, 1.165) is 24.3 Å². The summed E-state index contributed by atoms with van der Waals surface area (Å²) in [5, 5.41) is 8.22. The van der Waals surface area contributed by atoms with Crippen LogP contribution in [0.15, 0.2) is 24.3 Å². The maximum atomic E-state index is 4.63. The molecule has 3 heteroatoms. The average Bonchev–Trinajstić information content (AvgIpc) is 2.76. The maximum absolute atomic E-state index is 4.63. The first-order chi connectivity index (χ1) is 10.1. The van der Waals surface area contributed by atoms with Gasteiger partial charge in [0.15, 0.2) is 0 Å². The number of hydrogen-bond acceptors (Lipinski definition) is 2. The molecule has 21 heavy (non-hydrogen) atoms.